The molecule has 166 valence electrons. The molecule has 3 aromatic rings. The van der Waals surface area contributed by atoms with Gasteiger partial charge in [0.1, 0.15) is 11.1 Å². The number of halogens is 1. The van der Waals surface area contributed by atoms with Crippen molar-refractivity contribution < 1.29 is 4.79 Å². The van der Waals surface area contributed by atoms with Crippen molar-refractivity contribution in [1.29, 1.82) is 5.26 Å². The second-order valence-corrected chi connectivity index (χ2v) is 10.2. The molecule has 0 aliphatic carbocycles. The zero-order valence-corrected chi connectivity index (χ0v) is 20.3. The Kier molecular flexibility index (Phi) is 7.40. The molecule has 4 nitrogen and oxygen atoms in total. The lowest BCUT2D eigenvalue weighted by atomic mass is 9.87. The molecule has 32 heavy (non-hydrogen) atoms. The van der Waals surface area contributed by atoms with Crippen molar-refractivity contribution >= 4 is 34.7 Å². The van der Waals surface area contributed by atoms with E-state index in [-0.39, 0.29) is 23.7 Å². The van der Waals surface area contributed by atoms with E-state index in [0.717, 1.165) is 31.6 Å². The molecule has 1 N–H and O–H groups in total. The van der Waals surface area contributed by atoms with Crippen LogP contribution in [0.2, 0.25) is 0 Å². The Balaban J connectivity index is 0.00000289. The minimum atomic E-state index is -0.170. The normalized spacial score (nSPS) is 13.6. The zero-order valence-electron chi connectivity index (χ0n) is 18.6. The van der Waals surface area contributed by atoms with E-state index in [1.165, 1.54) is 27.3 Å². The number of nitrogens with zero attached hydrogens (tertiary/aromatic N) is 2. The molecule has 2 aromatic carbocycles. The fourth-order valence-corrected chi connectivity index (χ4v) is 5.17. The molecule has 0 bridgehead atoms. The van der Waals surface area contributed by atoms with Gasteiger partial charge in [-0.15, -0.1) is 23.7 Å². The van der Waals surface area contributed by atoms with E-state index in [9.17, 15) is 10.1 Å². The molecule has 0 saturated carbocycles. The molecule has 1 aromatic heterocycles. The van der Waals surface area contributed by atoms with E-state index in [1.807, 2.05) is 30.3 Å². The predicted octanol–water partition coefficient (Wildman–Crippen LogP) is 6.15. The first-order valence-electron chi connectivity index (χ1n) is 10.6. The summed E-state index contributed by atoms with van der Waals surface area (Å²) < 4.78 is 0. The topological polar surface area (TPSA) is 56.1 Å². The van der Waals surface area contributed by atoms with E-state index in [0.29, 0.717) is 16.1 Å². The van der Waals surface area contributed by atoms with Gasteiger partial charge in [-0.3, -0.25) is 9.69 Å². The monoisotopic (exact) mass is 465 g/mol. The quantitative estimate of drug-likeness (QED) is 0.502. The Bertz CT molecular complexity index is 1120. The summed E-state index contributed by atoms with van der Waals surface area (Å²) in [6, 6.07) is 20.5. The zero-order chi connectivity index (χ0) is 22.0. The van der Waals surface area contributed by atoms with Gasteiger partial charge >= 0.3 is 0 Å². The third-order valence-electron chi connectivity index (χ3n) is 5.74. The van der Waals surface area contributed by atoms with E-state index in [4.69, 9.17) is 0 Å². The van der Waals surface area contributed by atoms with Crippen LogP contribution in [0, 0.1) is 11.3 Å². The highest BCUT2D eigenvalue weighted by molar-refractivity contribution is 7.16. The third-order valence-corrected chi connectivity index (χ3v) is 6.87. The number of benzene rings is 2. The van der Waals surface area contributed by atoms with Crippen molar-refractivity contribution in [1.82, 2.24) is 4.90 Å². The number of carbonyl (C=O) groups excluding carboxylic acids is 1. The van der Waals surface area contributed by atoms with Crippen LogP contribution in [0.25, 0.3) is 0 Å². The van der Waals surface area contributed by atoms with E-state index < -0.39 is 0 Å². The van der Waals surface area contributed by atoms with Gasteiger partial charge in [-0.2, -0.15) is 5.26 Å². The molecule has 4 rings (SSSR count). The highest BCUT2D eigenvalue weighted by Gasteiger charge is 2.25. The fraction of sp³-hybridized carbons (Fsp3) is 0.308. The van der Waals surface area contributed by atoms with Crippen LogP contribution in [0.4, 0.5) is 5.00 Å². The number of hydrogen-bond acceptors (Lipinski definition) is 4. The highest BCUT2D eigenvalue weighted by atomic mass is 35.5. The van der Waals surface area contributed by atoms with E-state index >= 15 is 0 Å². The summed E-state index contributed by atoms with van der Waals surface area (Å²) >= 11 is 1.54. The number of fused-ring (bicyclic) bond motifs is 1. The summed E-state index contributed by atoms with van der Waals surface area (Å²) in [6.07, 6.45) is 0.831. The minimum absolute atomic E-state index is 0. The number of anilines is 1. The second-order valence-electron chi connectivity index (χ2n) is 9.05. The Hall–Kier alpha value is -2.65. The minimum Gasteiger partial charge on any atom is -0.312 e. The smallest absolute Gasteiger partial charge is 0.256 e. The number of rotatable bonds is 4. The largest absolute Gasteiger partial charge is 0.312 e. The van der Waals surface area contributed by atoms with E-state index in [2.05, 4.69) is 61.3 Å². The van der Waals surface area contributed by atoms with E-state index in [1.54, 1.807) is 0 Å². The molecule has 0 spiro atoms. The van der Waals surface area contributed by atoms with Crippen molar-refractivity contribution in [2.75, 3.05) is 11.9 Å². The number of amides is 1. The molecule has 1 aliphatic rings. The Morgan fingerprint density at radius 1 is 1.12 bits per heavy atom. The number of carbonyl (C=O) groups is 1. The van der Waals surface area contributed by atoms with Gasteiger partial charge in [0.25, 0.3) is 5.91 Å². The molecule has 6 heteroatoms. The van der Waals surface area contributed by atoms with Crippen molar-refractivity contribution in [2.45, 2.75) is 45.7 Å². The van der Waals surface area contributed by atoms with Crippen LogP contribution in [0.1, 0.15) is 58.3 Å². The van der Waals surface area contributed by atoms with Gasteiger partial charge < -0.3 is 5.32 Å². The standard InChI is InChI=1S/C26H27N3OS.ClH/c1-26(2,3)20-11-9-19(10-12-20)24(30)28-25-22(15-27)21-13-14-29(17-23(21)31-25)16-18-7-5-4-6-8-18;/h4-12H,13-14,16-17H2,1-3H3,(H,28,30);1H. The SMILES string of the molecule is CC(C)(C)c1ccc(C(=O)Nc2sc3c(c2C#N)CCN(Cc2ccccc2)C3)cc1.Cl. The van der Waals surface area contributed by atoms with Crippen LogP contribution in [-0.2, 0) is 24.9 Å². The van der Waals surface area contributed by atoms with Gasteiger partial charge in [0.05, 0.1) is 5.56 Å². The highest BCUT2D eigenvalue weighted by Crippen LogP contribution is 2.37. The maximum absolute atomic E-state index is 12.8. The third kappa shape index (κ3) is 5.21. The molecule has 2 heterocycles. The fourth-order valence-electron chi connectivity index (χ4n) is 3.94. The summed E-state index contributed by atoms with van der Waals surface area (Å²) in [5, 5.41) is 13.4. The maximum atomic E-state index is 12.8. The lowest BCUT2D eigenvalue weighted by Gasteiger charge is -2.26. The molecule has 0 unspecified atom stereocenters. The van der Waals surface area contributed by atoms with Gasteiger partial charge in [-0.05, 0) is 40.7 Å². The van der Waals surface area contributed by atoms with Gasteiger partial charge in [-0.1, -0.05) is 63.2 Å². The first kappa shape index (κ1) is 24.0. The lowest BCUT2D eigenvalue weighted by Crippen LogP contribution is -2.29. The number of hydrogen-bond donors (Lipinski definition) is 1. The van der Waals surface area contributed by atoms with Crippen molar-refractivity contribution in [3.8, 4) is 6.07 Å². The van der Waals surface area contributed by atoms with Gasteiger partial charge in [0, 0.05) is 30.1 Å². The number of nitriles is 1. The average Bonchev–Trinajstić information content (AvgIpc) is 3.10. The molecule has 0 atom stereocenters. The van der Waals surface area contributed by atoms with Crippen LogP contribution in [-0.4, -0.2) is 17.4 Å². The van der Waals surface area contributed by atoms with Crippen LogP contribution < -0.4 is 5.32 Å². The summed E-state index contributed by atoms with van der Waals surface area (Å²) in [6.45, 7) is 9.06. The Morgan fingerprint density at radius 2 is 1.81 bits per heavy atom. The molecule has 1 aliphatic heterocycles. The second kappa shape index (κ2) is 9.87. The first-order chi connectivity index (χ1) is 14.8. The first-order valence-corrected chi connectivity index (χ1v) is 11.4. The van der Waals surface area contributed by atoms with Crippen LogP contribution >= 0.6 is 23.7 Å². The summed E-state index contributed by atoms with van der Waals surface area (Å²) in [5.41, 5.74) is 4.84. The lowest BCUT2D eigenvalue weighted by molar-refractivity contribution is 0.102. The van der Waals surface area contributed by atoms with Gasteiger partial charge in [-0.25, -0.2) is 0 Å². The average molecular weight is 466 g/mol. The Morgan fingerprint density at radius 3 is 2.44 bits per heavy atom. The number of nitrogens with one attached hydrogen (secondary N) is 1. The van der Waals surface area contributed by atoms with Gasteiger partial charge in [0.15, 0.2) is 0 Å². The van der Waals surface area contributed by atoms with Gasteiger partial charge in [0.2, 0.25) is 0 Å². The molecule has 1 amide bonds. The Labute approximate surface area is 200 Å². The van der Waals surface area contributed by atoms with Crippen LogP contribution in [0.5, 0.6) is 0 Å². The molecular formula is C26H28ClN3OS. The summed E-state index contributed by atoms with van der Waals surface area (Å²) in [7, 11) is 0. The van der Waals surface area contributed by atoms with Crippen LogP contribution in [0.3, 0.4) is 0 Å². The maximum Gasteiger partial charge on any atom is 0.256 e. The summed E-state index contributed by atoms with van der Waals surface area (Å²) in [5.74, 6) is -0.170. The van der Waals surface area contributed by atoms with Crippen molar-refractivity contribution in [3.63, 3.8) is 0 Å². The van der Waals surface area contributed by atoms with Crippen molar-refractivity contribution in [3.05, 3.63) is 87.3 Å². The number of thiophene rings is 1. The predicted molar refractivity (Wildman–Crippen MR) is 134 cm³/mol. The molecular weight excluding hydrogens is 438 g/mol. The summed E-state index contributed by atoms with van der Waals surface area (Å²) in [4.78, 5) is 16.4. The van der Waals surface area contributed by atoms with Crippen molar-refractivity contribution in [2.24, 2.45) is 0 Å². The molecule has 0 saturated heterocycles. The molecule has 0 radical (unpaired) electrons. The van der Waals surface area contributed by atoms with Crippen LogP contribution in [0.15, 0.2) is 54.6 Å². The molecule has 0 fully saturated rings.